The van der Waals surface area contributed by atoms with Crippen molar-refractivity contribution in [3.63, 3.8) is 0 Å². The molecule has 0 spiro atoms. The third kappa shape index (κ3) is 67.9. The summed E-state index contributed by atoms with van der Waals surface area (Å²) in [6.45, 7) is 11.9. The van der Waals surface area contributed by atoms with Crippen LogP contribution in [0.4, 0.5) is 0 Å². The summed E-state index contributed by atoms with van der Waals surface area (Å²) in [7, 11) is -9.91. The van der Waals surface area contributed by atoms with Crippen LogP contribution in [0.5, 0.6) is 0 Å². The van der Waals surface area contributed by atoms with Crippen molar-refractivity contribution in [2.24, 2.45) is 17.8 Å². The van der Waals surface area contributed by atoms with Crippen molar-refractivity contribution in [3.05, 3.63) is 0 Å². The molecule has 0 aromatic rings. The highest BCUT2D eigenvalue weighted by atomic mass is 31.2. The summed E-state index contributed by atoms with van der Waals surface area (Å²) < 4.78 is 68.5. The number of esters is 4. The number of phosphoric acid groups is 2. The number of aliphatic hydroxyl groups is 1. The third-order valence-electron chi connectivity index (χ3n) is 18.6. The zero-order valence-electron chi connectivity index (χ0n) is 62.8. The maximum absolute atomic E-state index is 13.1. The molecule has 0 fully saturated rings. The molecule has 0 aromatic heterocycles. The SMILES string of the molecule is CCCCCCCCCCC(=O)OC[C@H](COP(=O)(O)OC[C@H](O)COP(=O)(O)OC[C@@H](COC(=O)CCCCCCCCCCCCC(C)CC)OC(=O)CCCCCCCCCCCCCCCCCCCCC(C)CC)OC(=O)CCCCCCCCCCCC(C)C. The van der Waals surface area contributed by atoms with Gasteiger partial charge in [0.2, 0.25) is 0 Å². The van der Waals surface area contributed by atoms with Crippen molar-refractivity contribution in [3.8, 4) is 0 Å². The predicted molar refractivity (Wildman–Crippen MR) is 391 cm³/mol. The van der Waals surface area contributed by atoms with Gasteiger partial charge in [-0.1, -0.05) is 344 Å². The van der Waals surface area contributed by atoms with E-state index in [2.05, 4.69) is 48.5 Å². The molecule has 4 unspecified atom stereocenters. The van der Waals surface area contributed by atoms with Crippen molar-refractivity contribution in [2.75, 3.05) is 39.6 Å². The van der Waals surface area contributed by atoms with E-state index in [0.717, 1.165) is 114 Å². The van der Waals surface area contributed by atoms with Crippen LogP contribution in [0.25, 0.3) is 0 Å². The number of rotatable bonds is 75. The van der Waals surface area contributed by atoms with Gasteiger partial charge in [-0.3, -0.25) is 37.3 Å². The Labute approximate surface area is 588 Å². The second kappa shape index (κ2) is 67.5. The van der Waals surface area contributed by atoms with Crippen LogP contribution in [-0.4, -0.2) is 96.7 Å². The number of phosphoric ester groups is 2. The van der Waals surface area contributed by atoms with E-state index >= 15 is 0 Å². The Balaban J connectivity index is 5.18. The molecule has 0 aromatic carbocycles. The van der Waals surface area contributed by atoms with Gasteiger partial charge in [-0.25, -0.2) is 9.13 Å². The topological polar surface area (TPSA) is 237 Å². The first-order chi connectivity index (χ1) is 46.3. The summed E-state index contributed by atoms with van der Waals surface area (Å²) in [6.07, 6.45) is 54.2. The predicted octanol–water partition coefficient (Wildman–Crippen LogP) is 22.6. The Morgan fingerprint density at radius 2 is 0.531 bits per heavy atom. The van der Waals surface area contributed by atoms with E-state index in [4.69, 9.17) is 37.0 Å². The first-order valence-corrected chi connectivity index (χ1v) is 42.9. The van der Waals surface area contributed by atoms with Gasteiger partial charge in [-0.2, -0.15) is 0 Å². The second-order valence-electron chi connectivity index (χ2n) is 28.7. The summed E-state index contributed by atoms with van der Waals surface area (Å²) in [5.41, 5.74) is 0. The maximum Gasteiger partial charge on any atom is 0.472 e. The van der Waals surface area contributed by atoms with Crippen LogP contribution in [0.3, 0.4) is 0 Å². The molecule has 3 N–H and O–H groups in total. The third-order valence-corrected chi connectivity index (χ3v) is 20.5. The number of ether oxygens (including phenoxy) is 4. The van der Waals surface area contributed by atoms with Gasteiger partial charge < -0.3 is 33.8 Å². The Bertz CT molecular complexity index is 1870. The number of carbonyl (C=O) groups excluding carboxylic acids is 4. The highest BCUT2D eigenvalue weighted by Crippen LogP contribution is 2.45. The highest BCUT2D eigenvalue weighted by molar-refractivity contribution is 7.47. The largest absolute Gasteiger partial charge is 0.472 e. The summed E-state index contributed by atoms with van der Waals surface area (Å²) in [6, 6.07) is 0. The molecule has 0 saturated heterocycles. The van der Waals surface area contributed by atoms with Crippen molar-refractivity contribution >= 4 is 39.5 Å². The molecular weight excluding hydrogens is 1260 g/mol. The first kappa shape index (κ1) is 94.1. The summed E-state index contributed by atoms with van der Waals surface area (Å²) in [4.78, 5) is 72.7. The minimum atomic E-state index is -4.96. The van der Waals surface area contributed by atoms with Crippen molar-refractivity contribution < 1.29 is 80.2 Å². The molecule has 0 aliphatic rings. The van der Waals surface area contributed by atoms with Crippen LogP contribution in [0, 0.1) is 17.8 Å². The average Bonchev–Trinajstić information content (AvgIpc) is 1.16. The standard InChI is InChI=1S/C77H150O17P2/c1-8-11-12-13-14-37-44-51-58-74(79)87-64-72(94-77(82)61-54-47-40-33-27-28-34-41-48-55-68(4)5)66-91-95(83,84)89-62-71(78)63-90-96(85,86)92-67-73(65-88-75(80)59-52-45-38-31-26-25-30-36-43-50-57-70(7)10-3)93-76(81)60-53-46-39-32-24-22-20-18-16-15-17-19-21-23-29-35-42-49-56-69(6)9-2/h68-73,78H,8-67H2,1-7H3,(H,83,84)(H,85,86)/t69?,70?,71-,72+,73+/m0/s1. The van der Waals surface area contributed by atoms with Gasteiger partial charge in [0.15, 0.2) is 12.2 Å². The van der Waals surface area contributed by atoms with Gasteiger partial charge in [-0.15, -0.1) is 0 Å². The van der Waals surface area contributed by atoms with Crippen LogP contribution in [0.1, 0.15) is 395 Å². The lowest BCUT2D eigenvalue weighted by Crippen LogP contribution is -2.30. The molecule has 0 heterocycles. The normalized spacial score (nSPS) is 14.6. The van der Waals surface area contributed by atoms with Crippen LogP contribution >= 0.6 is 15.6 Å². The van der Waals surface area contributed by atoms with Gasteiger partial charge in [0.25, 0.3) is 0 Å². The van der Waals surface area contributed by atoms with Crippen LogP contribution in [-0.2, 0) is 65.4 Å². The number of unbranched alkanes of at least 4 members (excludes halogenated alkanes) is 41. The first-order valence-electron chi connectivity index (χ1n) is 39.9. The fourth-order valence-electron chi connectivity index (χ4n) is 11.7. The molecule has 19 heteroatoms. The molecule has 17 nitrogen and oxygen atoms in total. The van der Waals surface area contributed by atoms with Gasteiger partial charge in [0, 0.05) is 25.7 Å². The minimum Gasteiger partial charge on any atom is -0.462 e. The van der Waals surface area contributed by atoms with Crippen molar-refractivity contribution in [1.82, 2.24) is 0 Å². The molecule has 0 saturated carbocycles. The molecule has 0 radical (unpaired) electrons. The Hall–Kier alpha value is -1.94. The van der Waals surface area contributed by atoms with Gasteiger partial charge in [-0.05, 0) is 43.4 Å². The lowest BCUT2D eigenvalue weighted by molar-refractivity contribution is -0.161. The van der Waals surface area contributed by atoms with E-state index in [1.54, 1.807) is 0 Å². The zero-order chi connectivity index (χ0) is 70.9. The van der Waals surface area contributed by atoms with Crippen molar-refractivity contribution in [1.29, 1.82) is 0 Å². The fraction of sp³-hybridized carbons (Fsp3) is 0.948. The van der Waals surface area contributed by atoms with E-state index in [-0.39, 0.29) is 25.7 Å². The number of hydrogen-bond acceptors (Lipinski definition) is 15. The maximum atomic E-state index is 13.1. The fourth-order valence-corrected chi connectivity index (χ4v) is 13.3. The molecule has 0 bridgehead atoms. The Kier molecular flexibility index (Phi) is 66.2. The molecular formula is C77H150O17P2. The van der Waals surface area contributed by atoms with Crippen molar-refractivity contribution in [2.45, 2.75) is 414 Å². The molecule has 0 aliphatic carbocycles. The molecule has 0 rings (SSSR count). The molecule has 7 atom stereocenters. The molecule has 570 valence electrons. The monoisotopic (exact) mass is 1410 g/mol. The number of carbonyl (C=O) groups is 4. The Morgan fingerprint density at radius 3 is 0.792 bits per heavy atom. The zero-order valence-corrected chi connectivity index (χ0v) is 64.6. The van der Waals surface area contributed by atoms with Crippen LogP contribution < -0.4 is 0 Å². The average molecular weight is 1410 g/mol. The van der Waals surface area contributed by atoms with E-state index < -0.39 is 97.5 Å². The smallest absolute Gasteiger partial charge is 0.462 e. The van der Waals surface area contributed by atoms with Gasteiger partial charge >= 0.3 is 39.5 Å². The van der Waals surface area contributed by atoms with Gasteiger partial charge in [0.1, 0.15) is 19.3 Å². The van der Waals surface area contributed by atoms with E-state index in [1.807, 2.05) is 0 Å². The quantitative estimate of drug-likeness (QED) is 0.0222. The van der Waals surface area contributed by atoms with Crippen LogP contribution in [0.2, 0.25) is 0 Å². The lowest BCUT2D eigenvalue weighted by atomic mass is 9.99. The number of hydrogen-bond donors (Lipinski definition) is 3. The molecule has 0 aliphatic heterocycles. The summed E-state index contributed by atoms with van der Waals surface area (Å²) >= 11 is 0. The van der Waals surface area contributed by atoms with E-state index in [0.29, 0.717) is 25.7 Å². The summed E-state index contributed by atoms with van der Waals surface area (Å²) in [5, 5.41) is 10.6. The minimum absolute atomic E-state index is 0.105. The molecule has 96 heavy (non-hydrogen) atoms. The number of aliphatic hydroxyl groups excluding tert-OH is 1. The van der Waals surface area contributed by atoms with E-state index in [1.165, 1.54) is 199 Å². The highest BCUT2D eigenvalue weighted by Gasteiger charge is 2.30. The second-order valence-corrected chi connectivity index (χ2v) is 31.6. The summed E-state index contributed by atoms with van der Waals surface area (Å²) in [5.74, 6) is 0.297. The van der Waals surface area contributed by atoms with E-state index in [9.17, 15) is 43.2 Å². The lowest BCUT2D eigenvalue weighted by Gasteiger charge is -2.21. The Morgan fingerprint density at radius 1 is 0.302 bits per heavy atom. The van der Waals surface area contributed by atoms with Gasteiger partial charge in [0.05, 0.1) is 26.4 Å². The van der Waals surface area contributed by atoms with Crippen LogP contribution in [0.15, 0.2) is 0 Å². The molecule has 0 amide bonds.